The fourth-order valence-electron chi connectivity index (χ4n) is 3.01. The third-order valence-electron chi connectivity index (χ3n) is 4.58. The Morgan fingerprint density at radius 3 is 2.62 bits per heavy atom. The number of aryl methyl sites for hydroxylation is 2. The summed E-state index contributed by atoms with van der Waals surface area (Å²) in [4.78, 5) is 13.2. The van der Waals surface area contributed by atoms with Gasteiger partial charge in [-0.05, 0) is 43.8 Å². The molecule has 0 aliphatic carbocycles. The van der Waals surface area contributed by atoms with Crippen LogP contribution in [0.25, 0.3) is 22.4 Å². The molecule has 0 aliphatic heterocycles. The molecule has 128 valence electrons. The molecule has 2 aromatic heterocycles. The minimum Gasteiger partial charge on any atom is -0.264 e. The summed E-state index contributed by atoms with van der Waals surface area (Å²) in [6, 6.07) is 16.1. The molecule has 0 atom stereocenters. The third kappa shape index (κ3) is 2.77. The maximum Gasteiger partial charge on any atom is 0.180 e. The molecule has 0 unspecified atom stereocenters. The Balaban J connectivity index is 1.86. The molecule has 0 radical (unpaired) electrons. The van der Waals surface area contributed by atoms with Crippen LogP contribution in [0.5, 0.6) is 0 Å². The van der Waals surface area contributed by atoms with Crippen LogP contribution in [0.1, 0.15) is 16.8 Å². The van der Waals surface area contributed by atoms with Crippen LogP contribution in [0.15, 0.2) is 59.7 Å². The Morgan fingerprint density at radius 1 is 1.04 bits per heavy atom. The second-order valence-electron chi connectivity index (χ2n) is 6.27. The first kappa shape index (κ1) is 16.1. The van der Waals surface area contributed by atoms with Crippen molar-refractivity contribution in [1.29, 1.82) is 0 Å². The van der Waals surface area contributed by atoms with E-state index in [1.54, 1.807) is 0 Å². The normalized spacial score (nSPS) is 11.0. The molecule has 0 saturated heterocycles. The van der Waals surface area contributed by atoms with Crippen molar-refractivity contribution in [3.63, 3.8) is 0 Å². The Labute approximate surface area is 152 Å². The fraction of sp³-hybridized carbons (Fsp3) is 0.143. The predicted molar refractivity (Wildman–Crippen MR) is 105 cm³/mol. The number of rotatable bonds is 4. The lowest BCUT2D eigenvalue weighted by atomic mass is 10.1. The summed E-state index contributed by atoms with van der Waals surface area (Å²) in [5, 5.41) is 5.87. The van der Waals surface area contributed by atoms with Crippen molar-refractivity contribution < 1.29 is 0 Å². The van der Waals surface area contributed by atoms with Crippen LogP contribution in [0.2, 0.25) is 0 Å². The van der Waals surface area contributed by atoms with Gasteiger partial charge in [-0.3, -0.25) is 9.67 Å². The maximum absolute atomic E-state index is 4.83. The SMILES string of the molecule is C=Nc1ccccc1Cn1nc(-c2ncc(C)c(C)n2)c2ccccc21. The highest BCUT2D eigenvalue weighted by Gasteiger charge is 2.15. The summed E-state index contributed by atoms with van der Waals surface area (Å²) in [7, 11) is 0. The average molecular weight is 341 g/mol. The molecule has 2 aromatic carbocycles. The zero-order valence-corrected chi connectivity index (χ0v) is 14.8. The van der Waals surface area contributed by atoms with E-state index >= 15 is 0 Å². The van der Waals surface area contributed by atoms with Gasteiger partial charge in [-0.25, -0.2) is 9.97 Å². The highest BCUT2D eigenvalue weighted by atomic mass is 15.3. The first-order valence-electron chi connectivity index (χ1n) is 8.48. The van der Waals surface area contributed by atoms with E-state index in [0.717, 1.165) is 39.1 Å². The van der Waals surface area contributed by atoms with Gasteiger partial charge in [0.25, 0.3) is 0 Å². The topological polar surface area (TPSA) is 56.0 Å². The van der Waals surface area contributed by atoms with Crippen LogP contribution in [-0.4, -0.2) is 26.5 Å². The molecule has 0 bridgehead atoms. The van der Waals surface area contributed by atoms with E-state index in [2.05, 4.69) is 33.8 Å². The van der Waals surface area contributed by atoms with E-state index in [0.29, 0.717) is 12.4 Å². The lowest BCUT2D eigenvalue weighted by Gasteiger charge is -2.06. The molecule has 2 heterocycles. The number of hydrogen-bond donors (Lipinski definition) is 0. The van der Waals surface area contributed by atoms with E-state index in [1.165, 1.54) is 0 Å². The van der Waals surface area contributed by atoms with Gasteiger partial charge in [-0.15, -0.1) is 0 Å². The molecular formula is C21H19N5. The van der Waals surface area contributed by atoms with Crippen molar-refractivity contribution in [2.75, 3.05) is 0 Å². The van der Waals surface area contributed by atoms with Crippen LogP contribution >= 0.6 is 0 Å². The van der Waals surface area contributed by atoms with Crippen LogP contribution in [-0.2, 0) is 6.54 Å². The molecule has 0 N–H and O–H groups in total. The predicted octanol–water partition coefficient (Wildman–Crippen LogP) is 4.49. The second kappa shape index (κ2) is 6.52. The number of fused-ring (bicyclic) bond motifs is 1. The Hall–Kier alpha value is -3.34. The van der Waals surface area contributed by atoms with Gasteiger partial charge in [0.2, 0.25) is 0 Å². The Kier molecular flexibility index (Phi) is 4.05. The minimum absolute atomic E-state index is 0.612. The van der Waals surface area contributed by atoms with Crippen molar-refractivity contribution in [3.8, 4) is 11.5 Å². The molecule has 5 heteroatoms. The van der Waals surface area contributed by atoms with E-state index in [-0.39, 0.29) is 0 Å². The zero-order chi connectivity index (χ0) is 18.1. The van der Waals surface area contributed by atoms with E-state index in [1.807, 2.05) is 61.1 Å². The number of aliphatic imine (C=N–C) groups is 1. The molecule has 0 aliphatic rings. The van der Waals surface area contributed by atoms with Gasteiger partial charge in [0.05, 0.1) is 17.7 Å². The van der Waals surface area contributed by atoms with Crippen molar-refractivity contribution in [1.82, 2.24) is 19.7 Å². The van der Waals surface area contributed by atoms with Gasteiger partial charge in [-0.2, -0.15) is 5.10 Å². The van der Waals surface area contributed by atoms with Crippen LogP contribution in [0.4, 0.5) is 5.69 Å². The van der Waals surface area contributed by atoms with Gasteiger partial charge >= 0.3 is 0 Å². The summed E-state index contributed by atoms with van der Waals surface area (Å²) in [6.45, 7) is 8.28. The summed E-state index contributed by atoms with van der Waals surface area (Å²) < 4.78 is 1.98. The average Bonchev–Trinajstić information content (AvgIpc) is 3.03. The molecule has 0 saturated carbocycles. The zero-order valence-electron chi connectivity index (χ0n) is 14.8. The van der Waals surface area contributed by atoms with Crippen LogP contribution in [0, 0.1) is 13.8 Å². The first-order chi connectivity index (χ1) is 12.7. The fourth-order valence-corrected chi connectivity index (χ4v) is 3.01. The maximum atomic E-state index is 4.83. The number of nitrogens with zero attached hydrogens (tertiary/aromatic N) is 5. The largest absolute Gasteiger partial charge is 0.264 e. The molecule has 0 fully saturated rings. The summed E-state index contributed by atoms with van der Waals surface area (Å²) >= 11 is 0. The number of hydrogen-bond acceptors (Lipinski definition) is 4. The summed E-state index contributed by atoms with van der Waals surface area (Å²) in [5.74, 6) is 0.651. The highest BCUT2D eigenvalue weighted by Crippen LogP contribution is 2.28. The number of benzene rings is 2. The lowest BCUT2D eigenvalue weighted by molar-refractivity contribution is 0.713. The van der Waals surface area contributed by atoms with Crippen LogP contribution in [0.3, 0.4) is 0 Å². The summed E-state index contributed by atoms with van der Waals surface area (Å²) in [5.41, 5.74) is 5.83. The second-order valence-corrected chi connectivity index (χ2v) is 6.27. The van der Waals surface area contributed by atoms with Crippen molar-refractivity contribution >= 4 is 23.3 Å². The van der Waals surface area contributed by atoms with Gasteiger partial charge in [0, 0.05) is 17.3 Å². The molecule has 0 spiro atoms. The van der Waals surface area contributed by atoms with E-state index in [4.69, 9.17) is 5.10 Å². The van der Waals surface area contributed by atoms with Gasteiger partial charge < -0.3 is 0 Å². The molecule has 5 nitrogen and oxygen atoms in total. The first-order valence-corrected chi connectivity index (χ1v) is 8.48. The van der Waals surface area contributed by atoms with Crippen LogP contribution < -0.4 is 0 Å². The van der Waals surface area contributed by atoms with Crippen molar-refractivity contribution in [2.45, 2.75) is 20.4 Å². The molecular weight excluding hydrogens is 322 g/mol. The Morgan fingerprint density at radius 2 is 1.81 bits per heavy atom. The quantitative estimate of drug-likeness (QED) is 0.514. The smallest absolute Gasteiger partial charge is 0.180 e. The van der Waals surface area contributed by atoms with Crippen molar-refractivity contribution in [3.05, 3.63) is 71.5 Å². The van der Waals surface area contributed by atoms with Gasteiger partial charge in [0.15, 0.2) is 5.82 Å². The minimum atomic E-state index is 0.612. The van der Waals surface area contributed by atoms with E-state index < -0.39 is 0 Å². The molecule has 26 heavy (non-hydrogen) atoms. The van der Waals surface area contributed by atoms with Gasteiger partial charge in [0.1, 0.15) is 5.69 Å². The number of para-hydroxylation sites is 2. The van der Waals surface area contributed by atoms with Crippen molar-refractivity contribution in [2.24, 2.45) is 4.99 Å². The van der Waals surface area contributed by atoms with Gasteiger partial charge in [-0.1, -0.05) is 36.4 Å². The highest BCUT2D eigenvalue weighted by molar-refractivity contribution is 5.91. The third-order valence-corrected chi connectivity index (χ3v) is 4.58. The molecule has 0 amide bonds. The monoisotopic (exact) mass is 341 g/mol. The molecule has 4 aromatic rings. The van der Waals surface area contributed by atoms with E-state index in [9.17, 15) is 0 Å². The Bertz CT molecular complexity index is 1110. The molecule has 4 rings (SSSR count). The standard InChI is InChI=1S/C21H19N5/c1-14-12-23-21(24-15(14)2)20-17-9-5-7-11-19(17)26(25-20)13-16-8-4-6-10-18(16)22-3/h4-12H,3,13H2,1-2H3. The lowest BCUT2D eigenvalue weighted by Crippen LogP contribution is -2.02. The number of aromatic nitrogens is 4. The summed E-state index contributed by atoms with van der Waals surface area (Å²) in [6.07, 6.45) is 1.85.